The van der Waals surface area contributed by atoms with Gasteiger partial charge in [-0.1, -0.05) is 23.7 Å². The number of rotatable bonds is 5. The van der Waals surface area contributed by atoms with Gasteiger partial charge in [-0.2, -0.15) is 0 Å². The van der Waals surface area contributed by atoms with Gasteiger partial charge in [0.25, 0.3) is 0 Å². The molecule has 0 aliphatic carbocycles. The predicted octanol–water partition coefficient (Wildman–Crippen LogP) is 3.29. The molecule has 0 unspecified atom stereocenters. The van der Waals surface area contributed by atoms with Crippen molar-refractivity contribution in [2.24, 2.45) is 5.92 Å². The summed E-state index contributed by atoms with van der Waals surface area (Å²) in [6.45, 7) is 1.65. The number of nitrogens with one attached hydrogen (secondary N) is 1. The van der Waals surface area contributed by atoms with E-state index >= 15 is 0 Å². The van der Waals surface area contributed by atoms with Gasteiger partial charge < -0.3 is 14.8 Å². The van der Waals surface area contributed by atoms with Gasteiger partial charge in [0.2, 0.25) is 15.9 Å². The van der Waals surface area contributed by atoms with E-state index < -0.39 is 10.0 Å². The Kier molecular flexibility index (Phi) is 6.17. The maximum absolute atomic E-state index is 12.7. The molecule has 7 nitrogen and oxygen atoms in total. The molecule has 0 spiro atoms. The molecule has 1 saturated heterocycles. The number of ether oxygens (including phenoxy) is 2. The molecule has 2 aliphatic rings. The Morgan fingerprint density at radius 2 is 1.70 bits per heavy atom. The maximum atomic E-state index is 12.7. The number of carbonyl (C=O) groups excluding carboxylic acids is 1. The van der Waals surface area contributed by atoms with Gasteiger partial charge >= 0.3 is 0 Å². The summed E-state index contributed by atoms with van der Waals surface area (Å²) in [7, 11) is -3.44. The fourth-order valence-corrected chi connectivity index (χ4v) is 5.33. The number of nitrogens with zero attached hydrogens (tertiary/aromatic N) is 1. The number of fused-ring (bicyclic) bond motifs is 1. The molecule has 30 heavy (non-hydrogen) atoms. The smallest absolute Gasteiger partial charge is 0.227 e. The van der Waals surface area contributed by atoms with Crippen LogP contribution >= 0.6 is 11.6 Å². The predicted molar refractivity (Wildman–Crippen MR) is 114 cm³/mol. The molecule has 2 aromatic rings. The molecule has 1 N–H and O–H groups in total. The van der Waals surface area contributed by atoms with E-state index in [1.165, 1.54) is 4.31 Å². The lowest BCUT2D eigenvalue weighted by atomic mass is 9.97. The first-order valence-corrected chi connectivity index (χ1v) is 11.8. The third-order valence-corrected chi connectivity index (χ3v) is 7.39. The average molecular weight is 451 g/mol. The lowest BCUT2D eigenvalue weighted by Gasteiger charge is -2.30. The van der Waals surface area contributed by atoms with Crippen LogP contribution in [0.4, 0.5) is 5.69 Å². The zero-order valence-electron chi connectivity index (χ0n) is 16.3. The van der Waals surface area contributed by atoms with Gasteiger partial charge in [-0.15, -0.1) is 0 Å². The molecule has 0 bridgehead atoms. The van der Waals surface area contributed by atoms with Crippen LogP contribution in [0.15, 0.2) is 42.5 Å². The van der Waals surface area contributed by atoms with Gasteiger partial charge in [-0.25, -0.2) is 12.7 Å². The highest BCUT2D eigenvalue weighted by Crippen LogP contribution is 2.33. The summed E-state index contributed by atoms with van der Waals surface area (Å²) in [5.74, 6) is 0.861. The molecule has 0 atom stereocenters. The van der Waals surface area contributed by atoms with Crippen molar-refractivity contribution in [3.8, 4) is 11.5 Å². The molecule has 4 rings (SSSR count). The summed E-state index contributed by atoms with van der Waals surface area (Å²) in [4.78, 5) is 12.7. The molecule has 1 fully saturated rings. The van der Waals surface area contributed by atoms with Crippen LogP contribution in [0.3, 0.4) is 0 Å². The van der Waals surface area contributed by atoms with Crippen molar-refractivity contribution in [2.45, 2.75) is 18.6 Å². The third kappa shape index (κ3) is 4.88. The van der Waals surface area contributed by atoms with Gasteiger partial charge in [0, 0.05) is 35.8 Å². The Hall–Kier alpha value is -2.29. The highest BCUT2D eigenvalue weighted by atomic mass is 35.5. The zero-order chi connectivity index (χ0) is 21.1. The standard InChI is InChI=1S/C21H23ClN2O5S/c22-17-3-1-15(2-4-17)14-30(26,27)24-9-7-16(8-10-24)21(25)23-18-5-6-19-20(13-18)29-12-11-28-19/h1-6,13,16H,7-12,14H2,(H,23,25). The van der Waals surface area contributed by atoms with E-state index in [0.29, 0.717) is 66.9 Å². The van der Waals surface area contributed by atoms with Crippen LogP contribution in [-0.4, -0.2) is 44.9 Å². The maximum Gasteiger partial charge on any atom is 0.227 e. The number of hydrogen-bond acceptors (Lipinski definition) is 5. The first-order valence-electron chi connectivity index (χ1n) is 9.83. The largest absolute Gasteiger partial charge is 0.486 e. The molecule has 0 saturated carbocycles. The van der Waals surface area contributed by atoms with Crippen LogP contribution in [-0.2, 0) is 20.6 Å². The van der Waals surface area contributed by atoms with E-state index in [1.54, 1.807) is 42.5 Å². The molecule has 160 valence electrons. The van der Waals surface area contributed by atoms with Crippen LogP contribution in [0.5, 0.6) is 11.5 Å². The second kappa shape index (κ2) is 8.83. The Balaban J connectivity index is 1.32. The number of halogens is 1. The first kappa shape index (κ1) is 21.0. The summed E-state index contributed by atoms with van der Waals surface area (Å²) < 4.78 is 37.9. The van der Waals surface area contributed by atoms with Crippen LogP contribution in [0.1, 0.15) is 18.4 Å². The average Bonchev–Trinajstić information content (AvgIpc) is 2.75. The fraction of sp³-hybridized carbons (Fsp3) is 0.381. The Labute approximate surface area is 181 Å². The topological polar surface area (TPSA) is 84.9 Å². The van der Waals surface area contributed by atoms with E-state index in [9.17, 15) is 13.2 Å². The van der Waals surface area contributed by atoms with Gasteiger partial charge in [0.05, 0.1) is 5.75 Å². The SMILES string of the molecule is O=C(Nc1ccc2c(c1)OCCO2)C1CCN(S(=O)(=O)Cc2ccc(Cl)cc2)CC1. The van der Waals surface area contributed by atoms with E-state index in [0.717, 1.165) is 0 Å². The summed E-state index contributed by atoms with van der Waals surface area (Å²) in [5.41, 5.74) is 1.33. The quantitative estimate of drug-likeness (QED) is 0.755. The Bertz CT molecular complexity index is 1020. The number of piperidine rings is 1. The molecule has 2 heterocycles. The molecule has 1 amide bonds. The van der Waals surface area contributed by atoms with Crippen LogP contribution in [0.2, 0.25) is 5.02 Å². The summed E-state index contributed by atoms with van der Waals surface area (Å²) in [5, 5.41) is 3.48. The minimum absolute atomic E-state index is 0.0712. The lowest BCUT2D eigenvalue weighted by molar-refractivity contribution is -0.120. The van der Waals surface area contributed by atoms with E-state index in [1.807, 2.05) is 0 Å². The van der Waals surface area contributed by atoms with Gasteiger partial charge in [-0.3, -0.25) is 4.79 Å². The summed E-state index contributed by atoms with van der Waals surface area (Å²) in [6.07, 6.45) is 0.965. The van der Waals surface area contributed by atoms with Crippen molar-refractivity contribution in [3.05, 3.63) is 53.1 Å². The molecule has 9 heteroatoms. The second-order valence-electron chi connectivity index (χ2n) is 7.40. The number of hydrogen-bond donors (Lipinski definition) is 1. The summed E-state index contributed by atoms with van der Waals surface area (Å²) in [6, 6.07) is 12.1. The van der Waals surface area contributed by atoms with Crippen LogP contribution in [0.25, 0.3) is 0 Å². The molecular weight excluding hydrogens is 428 g/mol. The highest BCUT2D eigenvalue weighted by molar-refractivity contribution is 7.88. The van der Waals surface area contributed by atoms with Crippen molar-refractivity contribution in [1.82, 2.24) is 4.31 Å². The minimum Gasteiger partial charge on any atom is -0.486 e. The number of benzene rings is 2. The van der Waals surface area contributed by atoms with Gasteiger partial charge in [0.15, 0.2) is 11.5 Å². The number of anilines is 1. The third-order valence-electron chi connectivity index (χ3n) is 5.29. The number of carbonyl (C=O) groups is 1. The molecule has 2 aliphatic heterocycles. The number of amides is 1. The Morgan fingerprint density at radius 3 is 2.40 bits per heavy atom. The molecule has 2 aromatic carbocycles. The van der Waals surface area contributed by atoms with Crippen molar-refractivity contribution in [3.63, 3.8) is 0 Å². The molecule has 0 radical (unpaired) electrons. The van der Waals surface area contributed by atoms with Crippen molar-refractivity contribution < 1.29 is 22.7 Å². The van der Waals surface area contributed by atoms with E-state index in [-0.39, 0.29) is 17.6 Å². The van der Waals surface area contributed by atoms with Crippen molar-refractivity contribution in [2.75, 3.05) is 31.6 Å². The van der Waals surface area contributed by atoms with Crippen LogP contribution < -0.4 is 14.8 Å². The summed E-state index contributed by atoms with van der Waals surface area (Å²) >= 11 is 5.86. The fourth-order valence-electron chi connectivity index (χ4n) is 3.64. The van der Waals surface area contributed by atoms with E-state index in [2.05, 4.69) is 5.32 Å². The normalized spacial score (nSPS) is 17.5. The monoisotopic (exact) mass is 450 g/mol. The van der Waals surface area contributed by atoms with Crippen molar-refractivity contribution >= 4 is 33.2 Å². The van der Waals surface area contributed by atoms with E-state index in [4.69, 9.17) is 21.1 Å². The Morgan fingerprint density at radius 1 is 1.03 bits per heavy atom. The molecular formula is C21H23ClN2O5S. The second-order valence-corrected chi connectivity index (χ2v) is 9.81. The molecule has 0 aromatic heterocycles. The first-order chi connectivity index (χ1) is 14.4. The lowest BCUT2D eigenvalue weighted by Crippen LogP contribution is -2.41. The number of sulfonamides is 1. The highest BCUT2D eigenvalue weighted by Gasteiger charge is 2.31. The van der Waals surface area contributed by atoms with Gasteiger partial charge in [0.1, 0.15) is 13.2 Å². The zero-order valence-corrected chi connectivity index (χ0v) is 17.9. The van der Waals surface area contributed by atoms with Gasteiger partial charge in [-0.05, 0) is 42.7 Å². The van der Waals surface area contributed by atoms with Crippen molar-refractivity contribution in [1.29, 1.82) is 0 Å². The van der Waals surface area contributed by atoms with Crippen LogP contribution in [0, 0.1) is 5.92 Å². The minimum atomic E-state index is -3.44.